The Labute approximate surface area is 120 Å². The second kappa shape index (κ2) is 6.27. The maximum Gasteiger partial charge on any atom is 0.251 e. The summed E-state index contributed by atoms with van der Waals surface area (Å²) in [4.78, 5) is 24.1. The number of carbonyl (C=O) groups excluding carboxylic acids is 1. The Kier molecular flexibility index (Phi) is 4.44. The summed E-state index contributed by atoms with van der Waals surface area (Å²) in [5.74, 6) is 5.27. The van der Waals surface area contributed by atoms with Gasteiger partial charge in [-0.05, 0) is 19.1 Å². The number of hydrogen-bond acceptors (Lipinski definition) is 6. The molecular weight excluding hydrogens is 280 g/mol. The number of aryl methyl sites for hydroxylation is 1. The van der Waals surface area contributed by atoms with E-state index in [0.717, 1.165) is 5.69 Å². The molecule has 0 aromatic carbocycles. The fourth-order valence-electron chi connectivity index (χ4n) is 1.49. The maximum atomic E-state index is 12.0. The molecule has 0 saturated heterocycles. The van der Waals surface area contributed by atoms with Crippen LogP contribution in [0.15, 0.2) is 24.5 Å². The lowest BCUT2D eigenvalue weighted by Gasteiger charge is -2.07. The van der Waals surface area contributed by atoms with Gasteiger partial charge in [0.25, 0.3) is 5.91 Å². The van der Waals surface area contributed by atoms with E-state index in [-0.39, 0.29) is 17.6 Å². The molecule has 0 spiro atoms. The lowest BCUT2D eigenvalue weighted by Crippen LogP contribution is -2.24. The van der Waals surface area contributed by atoms with Crippen LogP contribution in [-0.2, 0) is 6.54 Å². The molecule has 0 radical (unpaired) electrons. The summed E-state index contributed by atoms with van der Waals surface area (Å²) in [6, 6.07) is 2.96. The Morgan fingerprint density at radius 3 is 2.80 bits per heavy atom. The van der Waals surface area contributed by atoms with E-state index in [1.807, 2.05) is 6.92 Å². The van der Waals surface area contributed by atoms with Crippen LogP contribution in [0.3, 0.4) is 0 Å². The molecule has 0 aliphatic heterocycles. The first-order valence-corrected chi connectivity index (χ1v) is 6.16. The van der Waals surface area contributed by atoms with E-state index in [9.17, 15) is 4.79 Å². The fourth-order valence-corrected chi connectivity index (χ4v) is 1.69. The van der Waals surface area contributed by atoms with Crippen molar-refractivity contribution in [2.24, 2.45) is 5.84 Å². The second-order valence-electron chi connectivity index (χ2n) is 4.04. The van der Waals surface area contributed by atoms with E-state index in [1.165, 1.54) is 12.1 Å². The number of halogens is 1. The Hall–Kier alpha value is -2.25. The van der Waals surface area contributed by atoms with Crippen LogP contribution in [0.25, 0.3) is 0 Å². The monoisotopic (exact) mass is 292 g/mol. The van der Waals surface area contributed by atoms with Gasteiger partial charge < -0.3 is 10.7 Å². The molecule has 2 aromatic rings. The lowest BCUT2D eigenvalue weighted by molar-refractivity contribution is 0.0950. The average molecular weight is 293 g/mol. The van der Waals surface area contributed by atoms with Gasteiger partial charge in [0.15, 0.2) is 0 Å². The molecule has 104 valence electrons. The zero-order valence-corrected chi connectivity index (χ0v) is 11.5. The topological polar surface area (TPSA) is 106 Å². The van der Waals surface area contributed by atoms with Gasteiger partial charge >= 0.3 is 0 Å². The maximum absolute atomic E-state index is 12.0. The molecule has 0 fully saturated rings. The Morgan fingerprint density at radius 2 is 2.15 bits per heavy atom. The fraction of sp³-hybridized carbons (Fsp3) is 0.167. The molecule has 7 nitrogen and oxygen atoms in total. The molecule has 2 rings (SSSR count). The highest BCUT2D eigenvalue weighted by Gasteiger charge is 2.09. The molecule has 0 aliphatic carbocycles. The summed E-state index contributed by atoms with van der Waals surface area (Å²) in [5.41, 5.74) is 4.19. The number of nitrogens with zero attached hydrogens (tertiary/aromatic N) is 3. The minimum Gasteiger partial charge on any atom is -0.346 e. The van der Waals surface area contributed by atoms with E-state index in [0.29, 0.717) is 17.1 Å². The number of aromatic nitrogens is 3. The highest BCUT2D eigenvalue weighted by molar-refractivity contribution is 6.29. The van der Waals surface area contributed by atoms with Gasteiger partial charge in [-0.25, -0.2) is 10.8 Å². The Balaban J connectivity index is 2.04. The highest BCUT2D eigenvalue weighted by atomic mass is 35.5. The van der Waals surface area contributed by atoms with Gasteiger partial charge in [-0.2, -0.15) is 0 Å². The van der Waals surface area contributed by atoms with Crippen LogP contribution in [0.5, 0.6) is 0 Å². The zero-order chi connectivity index (χ0) is 14.5. The number of anilines is 1. The minimum atomic E-state index is -0.298. The van der Waals surface area contributed by atoms with Gasteiger partial charge in [0, 0.05) is 11.8 Å². The number of carbonyl (C=O) groups is 1. The first-order chi connectivity index (χ1) is 9.58. The zero-order valence-electron chi connectivity index (χ0n) is 10.7. The SMILES string of the molecule is Cc1cnc(CNC(=O)c2cc(Cl)nc(NN)c2)cn1. The summed E-state index contributed by atoms with van der Waals surface area (Å²) < 4.78 is 0. The highest BCUT2D eigenvalue weighted by Crippen LogP contribution is 2.13. The standard InChI is InChI=1S/C12H13ClN6O/c1-7-4-16-9(5-15-7)6-17-12(20)8-2-10(13)18-11(3-8)19-14/h2-5H,6,14H2,1H3,(H,17,20)(H,18,19). The number of pyridine rings is 1. The molecule has 0 aliphatic rings. The third kappa shape index (κ3) is 3.62. The summed E-state index contributed by atoms with van der Waals surface area (Å²) in [6.45, 7) is 2.12. The van der Waals surface area contributed by atoms with Crippen molar-refractivity contribution in [3.8, 4) is 0 Å². The molecule has 2 heterocycles. The lowest BCUT2D eigenvalue weighted by atomic mass is 10.2. The van der Waals surface area contributed by atoms with Crippen molar-refractivity contribution in [2.75, 3.05) is 5.43 Å². The van der Waals surface area contributed by atoms with Crippen molar-refractivity contribution in [2.45, 2.75) is 13.5 Å². The van der Waals surface area contributed by atoms with Crippen LogP contribution >= 0.6 is 11.6 Å². The summed E-state index contributed by atoms with van der Waals surface area (Å²) >= 11 is 5.80. The van der Waals surface area contributed by atoms with Crippen molar-refractivity contribution in [1.29, 1.82) is 0 Å². The molecule has 0 atom stereocenters. The van der Waals surface area contributed by atoms with E-state index in [4.69, 9.17) is 17.4 Å². The Bertz CT molecular complexity index is 616. The van der Waals surface area contributed by atoms with Crippen LogP contribution in [0.1, 0.15) is 21.7 Å². The van der Waals surface area contributed by atoms with Crippen molar-refractivity contribution < 1.29 is 4.79 Å². The van der Waals surface area contributed by atoms with E-state index >= 15 is 0 Å². The van der Waals surface area contributed by atoms with Crippen molar-refractivity contribution in [3.05, 3.63) is 46.6 Å². The summed E-state index contributed by atoms with van der Waals surface area (Å²) in [5, 5.41) is 2.90. The molecule has 0 bridgehead atoms. The van der Waals surface area contributed by atoms with Crippen LogP contribution in [0, 0.1) is 6.92 Å². The molecule has 0 saturated carbocycles. The quantitative estimate of drug-likeness (QED) is 0.442. The molecule has 20 heavy (non-hydrogen) atoms. The third-order valence-electron chi connectivity index (χ3n) is 2.47. The average Bonchev–Trinajstić information content (AvgIpc) is 2.45. The molecule has 4 N–H and O–H groups in total. The number of hydrazine groups is 1. The van der Waals surface area contributed by atoms with Gasteiger partial charge in [-0.15, -0.1) is 0 Å². The van der Waals surface area contributed by atoms with Crippen LogP contribution in [-0.4, -0.2) is 20.9 Å². The Morgan fingerprint density at radius 1 is 1.35 bits per heavy atom. The molecule has 0 unspecified atom stereocenters. The number of amides is 1. The number of nitrogens with two attached hydrogens (primary N) is 1. The van der Waals surface area contributed by atoms with Crippen molar-refractivity contribution in [3.63, 3.8) is 0 Å². The molecular formula is C12H13ClN6O. The number of rotatable bonds is 4. The minimum absolute atomic E-state index is 0.181. The smallest absolute Gasteiger partial charge is 0.251 e. The largest absolute Gasteiger partial charge is 0.346 e. The van der Waals surface area contributed by atoms with Crippen LogP contribution < -0.4 is 16.6 Å². The van der Waals surface area contributed by atoms with Gasteiger partial charge in [-0.3, -0.25) is 14.8 Å². The predicted molar refractivity (Wildman–Crippen MR) is 75.0 cm³/mol. The van der Waals surface area contributed by atoms with Crippen molar-refractivity contribution >= 4 is 23.3 Å². The second-order valence-corrected chi connectivity index (χ2v) is 4.43. The van der Waals surface area contributed by atoms with Crippen molar-refractivity contribution in [1.82, 2.24) is 20.3 Å². The molecule has 2 aromatic heterocycles. The summed E-state index contributed by atoms with van der Waals surface area (Å²) in [7, 11) is 0. The predicted octanol–water partition coefficient (Wildman–Crippen LogP) is 1.05. The third-order valence-corrected chi connectivity index (χ3v) is 2.66. The normalized spacial score (nSPS) is 10.2. The first-order valence-electron chi connectivity index (χ1n) is 5.78. The van der Waals surface area contributed by atoms with E-state index < -0.39 is 0 Å². The van der Waals surface area contributed by atoms with Gasteiger partial charge in [-0.1, -0.05) is 11.6 Å². The van der Waals surface area contributed by atoms with E-state index in [1.54, 1.807) is 12.4 Å². The van der Waals surface area contributed by atoms with Crippen LogP contribution in [0.4, 0.5) is 5.82 Å². The first kappa shape index (κ1) is 14.2. The summed E-state index contributed by atoms with van der Waals surface area (Å²) in [6.07, 6.45) is 3.25. The molecule has 1 amide bonds. The van der Waals surface area contributed by atoms with Gasteiger partial charge in [0.1, 0.15) is 11.0 Å². The van der Waals surface area contributed by atoms with Gasteiger partial charge in [0.05, 0.1) is 24.1 Å². The van der Waals surface area contributed by atoms with Crippen LogP contribution in [0.2, 0.25) is 5.15 Å². The number of hydrogen-bond donors (Lipinski definition) is 3. The number of nitrogen functional groups attached to an aromatic ring is 1. The van der Waals surface area contributed by atoms with E-state index in [2.05, 4.69) is 25.7 Å². The molecule has 8 heteroatoms. The van der Waals surface area contributed by atoms with Gasteiger partial charge in [0.2, 0.25) is 0 Å². The number of nitrogens with one attached hydrogen (secondary N) is 2.